The first-order chi connectivity index (χ1) is 16.5. The predicted molar refractivity (Wildman–Crippen MR) is 130 cm³/mol. The number of benzene rings is 2. The van der Waals surface area contributed by atoms with Gasteiger partial charge in [-0.25, -0.2) is 14.5 Å². The molecule has 0 saturated heterocycles. The van der Waals surface area contributed by atoms with Gasteiger partial charge in [0.05, 0.1) is 32.8 Å². The zero-order chi connectivity index (χ0) is 23.4. The number of aromatic nitrogens is 7. The molecule has 6 rings (SSSR count). The van der Waals surface area contributed by atoms with Crippen LogP contribution in [0.4, 0.5) is 11.6 Å². The highest BCUT2D eigenvalue weighted by atomic mass is 35.5. The minimum absolute atomic E-state index is 0.212. The van der Waals surface area contributed by atoms with Gasteiger partial charge in [0.15, 0.2) is 5.65 Å². The lowest BCUT2D eigenvalue weighted by atomic mass is 10.2. The van der Waals surface area contributed by atoms with Crippen LogP contribution < -0.4 is 16.3 Å². The molecule has 2 aromatic carbocycles. The van der Waals surface area contributed by atoms with Crippen molar-refractivity contribution in [3.63, 3.8) is 0 Å². The molecule has 4 aromatic heterocycles. The van der Waals surface area contributed by atoms with E-state index < -0.39 is 5.56 Å². The Bertz CT molecular complexity index is 1860. The molecule has 0 aliphatic heterocycles. The van der Waals surface area contributed by atoms with Gasteiger partial charge < -0.3 is 5.32 Å². The number of hydrogen-bond donors (Lipinski definition) is 2. The molecule has 10 nitrogen and oxygen atoms in total. The number of nitrogens with zero attached hydrogens (tertiary/aromatic N) is 6. The molecule has 0 aliphatic carbocycles. The van der Waals surface area contributed by atoms with Crippen molar-refractivity contribution in [1.29, 1.82) is 0 Å². The third-order valence-corrected chi connectivity index (χ3v) is 5.93. The van der Waals surface area contributed by atoms with Crippen LogP contribution in [0.3, 0.4) is 0 Å². The lowest BCUT2D eigenvalue weighted by Gasteiger charge is -2.13. The minimum atomic E-state index is -0.417. The summed E-state index contributed by atoms with van der Waals surface area (Å²) in [6, 6.07) is 10.2. The Morgan fingerprint density at radius 3 is 2.62 bits per heavy atom. The first kappa shape index (κ1) is 20.3. The fourth-order valence-corrected chi connectivity index (χ4v) is 4.36. The van der Waals surface area contributed by atoms with Crippen molar-refractivity contribution in [3.05, 3.63) is 91.8 Å². The molecule has 0 saturated carbocycles. The van der Waals surface area contributed by atoms with Crippen LogP contribution in [-0.4, -0.2) is 34.1 Å². The van der Waals surface area contributed by atoms with Gasteiger partial charge >= 0.3 is 0 Å². The Morgan fingerprint density at radius 2 is 1.79 bits per heavy atom. The zero-order valence-corrected chi connectivity index (χ0v) is 18.5. The summed E-state index contributed by atoms with van der Waals surface area (Å²) in [5.74, 6) is 0.530. The summed E-state index contributed by atoms with van der Waals surface area (Å²) in [4.78, 5) is 38.7. The van der Waals surface area contributed by atoms with Crippen LogP contribution in [0.1, 0.15) is 0 Å². The number of halogens is 2. The maximum absolute atomic E-state index is 13.4. The van der Waals surface area contributed by atoms with Gasteiger partial charge in [0.1, 0.15) is 5.39 Å². The summed E-state index contributed by atoms with van der Waals surface area (Å²) < 4.78 is 2.99. The highest BCUT2D eigenvalue weighted by Crippen LogP contribution is 2.29. The van der Waals surface area contributed by atoms with Gasteiger partial charge in [0, 0.05) is 24.3 Å². The van der Waals surface area contributed by atoms with Gasteiger partial charge in [0.25, 0.3) is 5.56 Å². The second-order valence-electron chi connectivity index (χ2n) is 7.36. The zero-order valence-electron chi connectivity index (χ0n) is 17.0. The van der Waals surface area contributed by atoms with E-state index >= 15 is 0 Å². The fraction of sp³-hybridized carbons (Fsp3) is 0. The first-order valence-corrected chi connectivity index (χ1v) is 10.7. The van der Waals surface area contributed by atoms with E-state index in [0.717, 1.165) is 0 Å². The van der Waals surface area contributed by atoms with Crippen molar-refractivity contribution in [3.8, 4) is 5.69 Å². The van der Waals surface area contributed by atoms with E-state index in [-0.39, 0.29) is 16.8 Å². The first-order valence-electron chi connectivity index (χ1n) is 9.95. The average molecular weight is 491 g/mol. The molecule has 0 aliphatic rings. The van der Waals surface area contributed by atoms with Crippen LogP contribution in [-0.2, 0) is 0 Å². The summed E-state index contributed by atoms with van der Waals surface area (Å²) in [7, 11) is 0. The smallest absolute Gasteiger partial charge is 0.270 e. The summed E-state index contributed by atoms with van der Waals surface area (Å²) in [5, 5.41) is 11.0. The normalized spacial score (nSPS) is 11.5. The Balaban J connectivity index is 1.53. The highest BCUT2D eigenvalue weighted by molar-refractivity contribution is 6.37. The van der Waals surface area contributed by atoms with E-state index in [0.29, 0.717) is 43.7 Å². The predicted octanol–water partition coefficient (Wildman–Crippen LogP) is 3.72. The minimum Gasteiger partial charge on any atom is -0.324 e. The third-order valence-electron chi connectivity index (χ3n) is 5.32. The second-order valence-corrected chi connectivity index (χ2v) is 8.17. The third kappa shape index (κ3) is 3.11. The molecule has 0 bridgehead atoms. The number of hydrogen-bond acceptors (Lipinski definition) is 7. The number of fused-ring (bicyclic) bond motifs is 4. The number of aromatic amines is 1. The van der Waals surface area contributed by atoms with Gasteiger partial charge in [-0.3, -0.25) is 19.1 Å². The molecular formula is C22H12Cl2N8O2. The maximum Gasteiger partial charge on any atom is 0.270 e. The average Bonchev–Trinajstić information content (AvgIpc) is 3.31. The summed E-state index contributed by atoms with van der Waals surface area (Å²) >= 11 is 12.7. The van der Waals surface area contributed by atoms with Crippen molar-refractivity contribution in [2.75, 3.05) is 5.32 Å². The van der Waals surface area contributed by atoms with E-state index in [1.165, 1.54) is 17.0 Å². The highest BCUT2D eigenvalue weighted by Gasteiger charge is 2.19. The SMILES string of the molecule is O=c1cn[nH]c2ccc(Nc3ncc4c(=O)n(-c5c(Cl)cccc5Cl)c5nccn5c4n3)cc12. The molecule has 166 valence electrons. The largest absolute Gasteiger partial charge is 0.324 e. The molecule has 0 amide bonds. The van der Waals surface area contributed by atoms with Gasteiger partial charge in [-0.2, -0.15) is 10.1 Å². The van der Waals surface area contributed by atoms with Crippen LogP contribution in [0.5, 0.6) is 0 Å². The van der Waals surface area contributed by atoms with E-state index in [1.54, 1.807) is 53.2 Å². The van der Waals surface area contributed by atoms with E-state index in [4.69, 9.17) is 23.2 Å². The van der Waals surface area contributed by atoms with E-state index in [2.05, 4.69) is 30.5 Å². The van der Waals surface area contributed by atoms with Gasteiger partial charge in [-0.1, -0.05) is 29.3 Å². The van der Waals surface area contributed by atoms with Crippen LogP contribution in [0, 0.1) is 0 Å². The van der Waals surface area contributed by atoms with Crippen LogP contribution in [0.25, 0.3) is 33.4 Å². The number of H-pyrrole nitrogens is 1. The van der Waals surface area contributed by atoms with Crippen molar-refractivity contribution < 1.29 is 0 Å². The molecule has 12 heteroatoms. The second kappa shape index (κ2) is 7.65. The van der Waals surface area contributed by atoms with Crippen molar-refractivity contribution in [1.82, 2.24) is 34.1 Å². The molecule has 34 heavy (non-hydrogen) atoms. The molecule has 0 unspecified atom stereocenters. The van der Waals surface area contributed by atoms with Gasteiger partial charge in [-0.15, -0.1) is 0 Å². The Kier molecular flexibility index (Phi) is 4.57. The molecule has 0 radical (unpaired) electrons. The number of imidazole rings is 1. The van der Waals surface area contributed by atoms with Gasteiger partial charge in [-0.05, 0) is 30.3 Å². The topological polar surface area (TPSA) is 123 Å². The number of anilines is 2. The number of rotatable bonds is 3. The molecule has 0 fully saturated rings. The van der Waals surface area contributed by atoms with Crippen molar-refractivity contribution in [2.45, 2.75) is 0 Å². The number of nitrogens with one attached hydrogen (secondary N) is 2. The Hall–Kier alpha value is -4.28. The van der Waals surface area contributed by atoms with Crippen molar-refractivity contribution >= 4 is 62.6 Å². The van der Waals surface area contributed by atoms with E-state index in [9.17, 15) is 9.59 Å². The lowest BCUT2D eigenvalue weighted by Crippen LogP contribution is -2.23. The lowest BCUT2D eigenvalue weighted by molar-refractivity contribution is 0.962. The standard InChI is InChI=1S/C22H12Cl2N8O2/c23-14-2-1-3-15(24)18(14)32-20(34)13-9-26-21(29-19(13)31-7-6-25-22(31)32)28-11-4-5-16-12(8-11)17(33)10-27-30-16/h1-10H,(H,30,33)(H,26,28,29). The van der Waals surface area contributed by atoms with E-state index in [1.807, 2.05) is 0 Å². The van der Waals surface area contributed by atoms with Gasteiger partial charge in [0.2, 0.25) is 17.2 Å². The molecule has 0 spiro atoms. The Morgan fingerprint density at radius 1 is 0.971 bits per heavy atom. The molecule has 2 N–H and O–H groups in total. The maximum atomic E-state index is 13.4. The van der Waals surface area contributed by atoms with Crippen LogP contribution >= 0.6 is 23.2 Å². The molecular weight excluding hydrogens is 479 g/mol. The summed E-state index contributed by atoms with van der Waals surface area (Å²) in [6.45, 7) is 0. The van der Waals surface area contributed by atoms with Crippen LogP contribution in [0.15, 0.2) is 70.8 Å². The van der Waals surface area contributed by atoms with Crippen LogP contribution in [0.2, 0.25) is 10.0 Å². The Labute approximate surface area is 199 Å². The quantitative estimate of drug-likeness (QED) is 0.387. The number of para-hydroxylation sites is 1. The summed E-state index contributed by atoms with van der Waals surface area (Å²) in [6.07, 6.45) is 5.86. The molecule has 6 aromatic rings. The summed E-state index contributed by atoms with van der Waals surface area (Å²) in [5.41, 5.74) is 1.25. The fourth-order valence-electron chi connectivity index (χ4n) is 3.79. The monoisotopic (exact) mass is 490 g/mol. The molecule has 0 atom stereocenters. The molecule has 4 heterocycles. The van der Waals surface area contributed by atoms with Crippen molar-refractivity contribution in [2.24, 2.45) is 0 Å².